The molecule has 0 radical (unpaired) electrons. The lowest BCUT2D eigenvalue weighted by Crippen LogP contribution is -1.97. The molecule has 0 amide bonds. The molecule has 1 nitrogen and oxygen atoms in total. The first-order chi connectivity index (χ1) is 7.36. The Hall–Kier alpha value is -1.76. The van der Waals surface area contributed by atoms with Crippen LogP contribution < -0.4 is 5.32 Å². The van der Waals surface area contributed by atoms with Crippen LogP contribution in [0.3, 0.4) is 0 Å². The number of benzene rings is 1. The summed E-state index contributed by atoms with van der Waals surface area (Å²) < 4.78 is 0. The lowest BCUT2D eigenvalue weighted by atomic mass is 10.2. The van der Waals surface area contributed by atoms with Crippen LogP contribution in [0.1, 0.15) is 12.0 Å². The van der Waals surface area contributed by atoms with Crippen LogP contribution in [0.4, 0.5) is 5.69 Å². The van der Waals surface area contributed by atoms with Gasteiger partial charge >= 0.3 is 0 Å². The summed E-state index contributed by atoms with van der Waals surface area (Å²) in [6, 6.07) is 8.31. The van der Waals surface area contributed by atoms with Gasteiger partial charge in [-0.25, -0.2) is 0 Å². The average molecular weight is 197 g/mol. The van der Waals surface area contributed by atoms with Crippen LogP contribution in [0.25, 0.3) is 0 Å². The molecule has 0 saturated heterocycles. The molecule has 1 aliphatic rings. The van der Waals surface area contributed by atoms with Crippen LogP contribution in [-0.4, -0.2) is 0 Å². The third kappa shape index (κ3) is 2.59. The normalized spacial score (nSPS) is 14.6. The highest BCUT2D eigenvalue weighted by molar-refractivity contribution is 5.56. The highest BCUT2D eigenvalue weighted by Crippen LogP contribution is 2.16. The van der Waals surface area contributed by atoms with Gasteiger partial charge < -0.3 is 5.32 Å². The number of para-hydroxylation sites is 1. The number of aryl methyl sites for hydroxylation is 1. The zero-order valence-corrected chi connectivity index (χ0v) is 8.90. The van der Waals surface area contributed by atoms with Crippen molar-refractivity contribution in [2.75, 3.05) is 5.32 Å². The SMILES string of the molecule is Cc1ccccc1NC1=CC=CCC=C1. The predicted molar refractivity (Wildman–Crippen MR) is 65.8 cm³/mol. The zero-order chi connectivity index (χ0) is 10.5. The second-order valence-corrected chi connectivity index (χ2v) is 3.63. The molecular formula is C14H15N. The van der Waals surface area contributed by atoms with E-state index in [1.807, 2.05) is 6.07 Å². The van der Waals surface area contributed by atoms with Gasteiger partial charge in [0.15, 0.2) is 0 Å². The summed E-state index contributed by atoms with van der Waals surface area (Å²) in [6.45, 7) is 2.11. The van der Waals surface area contributed by atoms with Crippen molar-refractivity contribution in [1.82, 2.24) is 0 Å². The van der Waals surface area contributed by atoms with Gasteiger partial charge in [-0.2, -0.15) is 0 Å². The van der Waals surface area contributed by atoms with Crippen LogP contribution in [0.2, 0.25) is 0 Å². The lowest BCUT2D eigenvalue weighted by molar-refractivity contribution is 1.37. The zero-order valence-electron chi connectivity index (χ0n) is 8.90. The molecule has 0 atom stereocenters. The first-order valence-electron chi connectivity index (χ1n) is 5.22. The monoisotopic (exact) mass is 197 g/mol. The Bertz CT molecular complexity index is 425. The minimum Gasteiger partial charge on any atom is -0.355 e. The van der Waals surface area contributed by atoms with Crippen LogP contribution in [0.5, 0.6) is 0 Å². The molecule has 1 aromatic rings. The number of rotatable bonds is 2. The summed E-state index contributed by atoms with van der Waals surface area (Å²) in [7, 11) is 0. The molecule has 0 unspecified atom stereocenters. The maximum Gasteiger partial charge on any atom is 0.0413 e. The van der Waals surface area contributed by atoms with Gasteiger partial charge in [0.1, 0.15) is 0 Å². The molecule has 0 bridgehead atoms. The van der Waals surface area contributed by atoms with E-state index < -0.39 is 0 Å². The maximum atomic E-state index is 3.41. The molecule has 0 aromatic heterocycles. The summed E-state index contributed by atoms with van der Waals surface area (Å²) in [4.78, 5) is 0. The predicted octanol–water partition coefficient (Wildman–Crippen LogP) is 3.81. The fourth-order valence-electron chi connectivity index (χ4n) is 1.53. The molecule has 0 saturated carbocycles. The van der Waals surface area contributed by atoms with Gasteiger partial charge in [-0.15, -0.1) is 0 Å². The van der Waals surface area contributed by atoms with E-state index in [2.05, 4.69) is 60.8 Å². The van der Waals surface area contributed by atoms with Gasteiger partial charge in [0.05, 0.1) is 0 Å². The Kier molecular flexibility index (Phi) is 3.03. The molecule has 1 N–H and O–H groups in total. The Morgan fingerprint density at radius 1 is 1.13 bits per heavy atom. The van der Waals surface area contributed by atoms with E-state index in [0.717, 1.165) is 12.1 Å². The highest BCUT2D eigenvalue weighted by atomic mass is 14.9. The number of nitrogens with one attached hydrogen (secondary N) is 1. The molecular weight excluding hydrogens is 182 g/mol. The number of hydrogen-bond donors (Lipinski definition) is 1. The van der Waals surface area contributed by atoms with Crippen molar-refractivity contribution in [3.05, 3.63) is 65.9 Å². The third-order valence-electron chi connectivity index (χ3n) is 2.41. The van der Waals surface area contributed by atoms with Crippen molar-refractivity contribution in [2.45, 2.75) is 13.3 Å². The number of hydrogen-bond acceptors (Lipinski definition) is 1. The fourth-order valence-corrected chi connectivity index (χ4v) is 1.53. The molecule has 1 heteroatoms. The van der Waals surface area contributed by atoms with Gasteiger partial charge in [0.25, 0.3) is 0 Å². The molecule has 0 spiro atoms. The van der Waals surface area contributed by atoms with Crippen molar-refractivity contribution < 1.29 is 0 Å². The summed E-state index contributed by atoms with van der Waals surface area (Å²) in [5.74, 6) is 0. The van der Waals surface area contributed by atoms with Crippen molar-refractivity contribution in [1.29, 1.82) is 0 Å². The van der Waals surface area contributed by atoms with Crippen molar-refractivity contribution in [3.63, 3.8) is 0 Å². The largest absolute Gasteiger partial charge is 0.355 e. The Morgan fingerprint density at radius 2 is 2.00 bits per heavy atom. The number of allylic oxidation sites excluding steroid dienone is 5. The van der Waals surface area contributed by atoms with Crippen molar-refractivity contribution in [2.24, 2.45) is 0 Å². The van der Waals surface area contributed by atoms with Crippen molar-refractivity contribution in [3.8, 4) is 0 Å². The summed E-state index contributed by atoms with van der Waals surface area (Å²) in [5, 5.41) is 3.41. The van der Waals surface area contributed by atoms with Gasteiger partial charge in [0.2, 0.25) is 0 Å². The molecule has 0 aliphatic heterocycles. The Balaban J connectivity index is 2.18. The number of anilines is 1. The molecule has 0 heterocycles. The van der Waals surface area contributed by atoms with Crippen molar-refractivity contribution >= 4 is 5.69 Å². The molecule has 76 valence electrons. The van der Waals surface area contributed by atoms with E-state index in [4.69, 9.17) is 0 Å². The Morgan fingerprint density at radius 3 is 2.87 bits per heavy atom. The first kappa shape index (κ1) is 9.78. The molecule has 2 rings (SSSR count). The quantitative estimate of drug-likeness (QED) is 0.760. The van der Waals surface area contributed by atoms with E-state index in [0.29, 0.717) is 0 Å². The average Bonchev–Trinajstić information content (AvgIpc) is 2.50. The molecule has 15 heavy (non-hydrogen) atoms. The van der Waals surface area contributed by atoms with Gasteiger partial charge in [-0.3, -0.25) is 0 Å². The molecule has 1 aromatic carbocycles. The van der Waals surface area contributed by atoms with E-state index >= 15 is 0 Å². The lowest BCUT2D eigenvalue weighted by Gasteiger charge is -2.09. The molecule has 1 aliphatic carbocycles. The first-order valence-corrected chi connectivity index (χ1v) is 5.22. The van der Waals surface area contributed by atoms with E-state index in [1.54, 1.807) is 0 Å². The minimum atomic E-state index is 1.01. The fraction of sp³-hybridized carbons (Fsp3) is 0.143. The standard InChI is InChI=1S/C14H15N/c1-12-8-6-7-11-14(12)15-13-9-4-2-3-5-10-13/h2,4-11,15H,3H2,1H3. The maximum absolute atomic E-state index is 3.41. The highest BCUT2D eigenvalue weighted by Gasteiger charge is 1.97. The second-order valence-electron chi connectivity index (χ2n) is 3.63. The summed E-state index contributed by atoms with van der Waals surface area (Å²) in [6.07, 6.45) is 11.6. The summed E-state index contributed by atoms with van der Waals surface area (Å²) in [5.41, 5.74) is 3.57. The minimum absolute atomic E-state index is 1.01. The second kappa shape index (κ2) is 4.65. The van der Waals surface area contributed by atoms with Crippen LogP contribution in [0.15, 0.2) is 60.3 Å². The third-order valence-corrected chi connectivity index (χ3v) is 2.41. The molecule has 0 fully saturated rings. The topological polar surface area (TPSA) is 12.0 Å². The van der Waals surface area contributed by atoms with Gasteiger partial charge in [-0.1, -0.05) is 36.4 Å². The Labute approximate surface area is 90.8 Å². The van der Waals surface area contributed by atoms with Gasteiger partial charge in [-0.05, 0) is 37.1 Å². The van der Waals surface area contributed by atoms with Crippen LogP contribution in [0, 0.1) is 6.92 Å². The van der Waals surface area contributed by atoms with Crippen LogP contribution >= 0.6 is 0 Å². The van der Waals surface area contributed by atoms with E-state index in [1.165, 1.54) is 11.3 Å². The van der Waals surface area contributed by atoms with E-state index in [-0.39, 0.29) is 0 Å². The summed E-state index contributed by atoms with van der Waals surface area (Å²) >= 11 is 0. The van der Waals surface area contributed by atoms with Gasteiger partial charge in [0, 0.05) is 11.4 Å². The smallest absolute Gasteiger partial charge is 0.0413 e. The van der Waals surface area contributed by atoms with Crippen LogP contribution in [-0.2, 0) is 0 Å². The van der Waals surface area contributed by atoms with E-state index in [9.17, 15) is 0 Å².